The molecule has 10 nitrogen and oxygen atoms in total. The molecular weight excluding hydrogens is 550 g/mol. The number of carbonyl (C=O) groups is 4. The molecule has 7 atom stereocenters. The molecule has 0 unspecified atom stereocenters. The molecule has 43 heavy (non-hydrogen) atoms. The summed E-state index contributed by atoms with van der Waals surface area (Å²) in [7, 11) is 0. The number of benzene rings is 1. The molecule has 3 saturated heterocycles. The number of aliphatic hydroxyl groups excluding tert-OH is 1. The number of esters is 1. The summed E-state index contributed by atoms with van der Waals surface area (Å²) in [6.07, 6.45) is 5.55. The Morgan fingerprint density at radius 3 is 2.65 bits per heavy atom. The number of ether oxygens (including phenoxy) is 2. The number of rotatable bonds is 16. The van der Waals surface area contributed by atoms with Crippen LogP contribution in [0.25, 0.3) is 0 Å². The summed E-state index contributed by atoms with van der Waals surface area (Å²) in [5.41, 5.74) is -0.538. The van der Waals surface area contributed by atoms with Gasteiger partial charge in [-0.1, -0.05) is 55.8 Å². The molecule has 3 aliphatic rings. The van der Waals surface area contributed by atoms with Crippen LogP contribution in [0.5, 0.6) is 0 Å². The van der Waals surface area contributed by atoms with Gasteiger partial charge in [0.1, 0.15) is 17.7 Å². The second kappa shape index (κ2) is 14.3. The van der Waals surface area contributed by atoms with Crippen LogP contribution in [0, 0.1) is 11.8 Å². The number of unbranched alkanes of at least 4 members (excludes halogenated alkanes) is 1. The van der Waals surface area contributed by atoms with Crippen molar-refractivity contribution in [1.29, 1.82) is 0 Å². The van der Waals surface area contributed by atoms with E-state index in [1.807, 2.05) is 37.3 Å². The van der Waals surface area contributed by atoms with Gasteiger partial charge in [-0.3, -0.25) is 19.2 Å². The van der Waals surface area contributed by atoms with Crippen LogP contribution in [0.1, 0.15) is 64.0 Å². The number of aliphatic hydroxyl groups is 1. The van der Waals surface area contributed by atoms with Gasteiger partial charge in [-0.2, -0.15) is 0 Å². The van der Waals surface area contributed by atoms with Gasteiger partial charge in [-0.05, 0) is 38.2 Å². The highest BCUT2D eigenvalue weighted by Crippen LogP contribution is 2.60. The molecule has 0 aliphatic carbocycles. The first-order valence-corrected chi connectivity index (χ1v) is 15.4. The molecule has 2 bridgehead atoms. The summed E-state index contributed by atoms with van der Waals surface area (Å²) in [6, 6.07) is 7.28. The van der Waals surface area contributed by atoms with E-state index in [4.69, 9.17) is 9.47 Å². The van der Waals surface area contributed by atoms with Crippen molar-refractivity contribution in [2.45, 2.75) is 82.3 Å². The lowest BCUT2D eigenvalue weighted by Crippen LogP contribution is -2.57. The molecule has 3 fully saturated rings. The van der Waals surface area contributed by atoms with E-state index >= 15 is 0 Å². The van der Waals surface area contributed by atoms with Gasteiger partial charge >= 0.3 is 5.97 Å². The zero-order valence-corrected chi connectivity index (χ0v) is 25.3. The minimum atomic E-state index is -1.22. The second-order valence-electron chi connectivity index (χ2n) is 11.7. The fourth-order valence-corrected chi connectivity index (χ4v) is 6.87. The lowest BCUT2D eigenvalue weighted by atomic mass is 9.70. The SMILES string of the molecule is C=CCCC(=O)NC[C@H](C)OC(=O)[C@@H]1[C@@H]2CC[C@]3(O2)[C@H](C(=O)N(CC=C)CCCC)N([C@H](CO)c2ccccc2)C(=O)[C@@H]13. The average Bonchev–Trinajstić information content (AvgIpc) is 3.65. The molecule has 0 radical (unpaired) electrons. The summed E-state index contributed by atoms with van der Waals surface area (Å²) in [5.74, 6) is -3.26. The van der Waals surface area contributed by atoms with Crippen LogP contribution in [-0.2, 0) is 28.7 Å². The van der Waals surface area contributed by atoms with Crippen molar-refractivity contribution < 1.29 is 33.8 Å². The fraction of sp³-hybridized carbons (Fsp3) is 0.576. The predicted octanol–water partition coefficient (Wildman–Crippen LogP) is 2.92. The molecule has 0 aromatic heterocycles. The molecule has 3 heterocycles. The molecule has 3 amide bonds. The number of amides is 3. The average molecular weight is 596 g/mol. The molecule has 4 rings (SSSR count). The molecule has 3 aliphatic heterocycles. The van der Waals surface area contributed by atoms with Crippen LogP contribution in [-0.4, -0.2) is 88.7 Å². The van der Waals surface area contributed by atoms with Crippen LogP contribution in [0.15, 0.2) is 55.6 Å². The van der Waals surface area contributed by atoms with Gasteiger partial charge in [0.2, 0.25) is 17.7 Å². The summed E-state index contributed by atoms with van der Waals surface area (Å²) < 4.78 is 12.3. The monoisotopic (exact) mass is 595 g/mol. The lowest BCUT2D eigenvalue weighted by molar-refractivity contribution is -0.160. The standard InChI is InChI=1S/C33H45N3O7/c1-5-8-15-26(38)34-20-22(4)42-32(41)27-25-16-17-33(43-25)28(27)30(39)36(24(21-37)23-13-11-10-12-14-23)29(33)31(40)35(18-7-3)19-9-6-2/h5,7,10-14,22,24-25,27-29,37H,1,3,6,8-9,15-21H2,2,4H3,(H,34,38)/t22-,24+,25-,27+,28+,29-,33+/m0/s1. The van der Waals surface area contributed by atoms with E-state index in [-0.39, 0.29) is 18.4 Å². The summed E-state index contributed by atoms with van der Waals surface area (Å²) >= 11 is 0. The minimum Gasteiger partial charge on any atom is -0.460 e. The highest BCUT2D eigenvalue weighted by Gasteiger charge is 2.75. The van der Waals surface area contributed by atoms with Crippen molar-refractivity contribution in [1.82, 2.24) is 15.1 Å². The quantitative estimate of drug-likeness (QED) is 0.222. The number of hydrogen-bond donors (Lipinski definition) is 2. The number of fused-ring (bicyclic) bond motifs is 1. The van der Waals surface area contributed by atoms with Gasteiger partial charge < -0.3 is 29.7 Å². The minimum absolute atomic E-state index is 0.130. The van der Waals surface area contributed by atoms with Crippen molar-refractivity contribution in [2.24, 2.45) is 11.8 Å². The van der Waals surface area contributed by atoms with Crippen LogP contribution in [0.2, 0.25) is 0 Å². The first-order valence-electron chi connectivity index (χ1n) is 15.4. The molecule has 2 N–H and O–H groups in total. The third-order valence-electron chi connectivity index (χ3n) is 8.86. The van der Waals surface area contributed by atoms with E-state index in [2.05, 4.69) is 18.5 Å². The molecular formula is C33H45N3O7. The van der Waals surface area contributed by atoms with E-state index < -0.39 is 60.2 Å². The van der Waals surface area contributed by atoms with Gasteiger partial charge in [-0.15, -0.1) is 13.2 Å². The highest BCUT2D eigenvalue weighted by atomic mass is 16.6. The van der Waals surface area contributed by atoms with Crippen LogP contribution in [0.3, 0.4) is 0 Å². The summed E-state index contributed by atoms with van der Waals surface area (Å²) in [4.78, 5) is 57.7. The molecule has 234 valence electrons. The zero-order valence-electron chi connectivity index (χ0n) is 25.3. The normalized spacial score (nSPS) is 26.9. The Kier molecular flexibility index (Phi) is 10.8. The van der Waals surface area contributed by atoms with Crippen molar-refractivity contribution in [2.75, 3.05) is 26.2 Å². The van der Waals surface area contributed by atoms with E-state index in [1.54, 1.807) is 24.0 Å². The first-order chi connectivity index (χ1) is 20.7. The van der Waals surface area contributed by atoms with Gasteiger partial charge in [0.25, 0.3) is 0 Å². The Labute approximate surface area is 254 Å². The Balaban J connectivity index is 1.65. The van der Waals surface area contributed by atoms with Crippen molar-refractivity contribution >= 4 is 23.7 Å². The van der Waals surface area contributed by atoms with E-state index in [0.717, 1.165) is 12.8 Å². The Morgan fingerprint density at radius 1 is 1.26 bits per heavy atom. The predicted molar refractivity (Wildman–Crippen MR) is 160 cm³/mol. The summed E-state index contributed by atoms with van der Waals surface area (Å²) in [5, 5.41) is 13.4. The maximum Gasteiger partial charge on any atom is 0.312 e. The second-order valence-corrected chi connectivity index (χ2v) is 11.7. The van der Waals surface area contributed by atoms with Gasteiger partial charge in [0.05, 0.1) is 37.1 Å². The molecule has 10 heteroatoms. The number of allylic oxidation sites excluding steroid dienone is 1. The van der Waals surface area contributed by atoms with Gasteiger partial charge in [0.15, 0.2) is 0 Å². The molecule has 1 spiro atoms. The van der Waals surface area contributed by atoms with Crippen molar-refractivity contribution in [3.63, 3.8) is 0 Å². The van der Waals surface area contributed by atoms with Crippen LogP contribution < -0.4 is 5.32 Å². The number of likely N-dealkylation sites (tertiary alicyclic amines) is 1. The largest absolute Gasteiger partial charge is 0.460 e. The molecule has 1 aromatic rings. The van der Waals surface area contributed by atoms with E-state index in [9.17, 15) is 24.3 Å². The number of hydrogen-bond acceptors (Lipinski definition) is 7. The first kappa shape index (κ1) is 32.4. The number of nitrogens with one attached hydrogen (secondary N) is 1. The van der Waals surface area contributed by atoms with Gasteiger partial charge in [0, 0.05) is 19.5 Å². The molecule has 0 saturated carbocycles. The van der Waals surface area contributed by atoms with Crippen LogP contribution in [0.4, 0.5) is 0 Å². The lowest BCUT2D eigenvalue weighted by Gasteiger charge is -2.39. The van der Waals surface area contributed by atoms with E-state index in [1.165, 1.54) is 4.90 Å². The topological polar surface area (TPSA) is 125 Å². The zero-order chi connectivity index (χ0) is 31.1. The Morgan fingerprint density at radius 2 is 2.00 bits per heavy atom. The number of nitrogens with zero attached hydrogens (tertiary/aromatic N) is 2. The third kappa shape index (κ3) is 6.40. The van der Waals surface area contributed by atoms with E-state index in [0.29, 0.717) is 44.3 Å². The highest BCUT2D eigenvalue weighted by molar-refractivity contribution is 5.98. The number of carbonyl (C=O) groups excluding carboxylic acids is 4. The van der Waals surface area contributed by atoms with Crippen LogP contribution >= 0.6 is 0 Å². The Hall–Kier alpha value is -3.50. The smallest absolute Gasteiger partial charge is 0.312 e. The third-order valence-corrected chi connectivity index (χ3v) is 8.86. The Bertz CT molecular complexity index is 1190. The maximum atomic E-state index is 14.4. The molecule has 1 aromatic carbocycles. The van der Waals surface area contributed by atoms with Crippen molar-refractivity contribution in [3.05, 3.63) is 61.2 Å². The van der Waals surface area contributed by atoms with Gasteiger partial charge in [-0.25, -0.2) is 0 Å². The van der Waals surface area contributed by atoms with Crippen molar-refractivity contribution in [3.8, 4) is 0 Å². The summed E-state index contributed by atoms with van der Waals surface area (Å²) in [6.45, 7) is 11.7. The fourth-order valence-electron chi connectivity index (χ4n) is 6.87. The maximum absolute atomic E-state index is 14.4.